The standard InChI is InChI=1S/C20H13Cl2F6N5O3/c21-12-5-13(30-15(22)14(12)34)18(36)31-16-10(7-33(32-16)8-19(23,24)25)17(35)29-6-9-3-1-2-4-11(9)20(26,27)28/h1-5,7,34H,6,8H2,(H,29,35)(H,31,32,36). The zero-order valence-electron chi connectivity index (χ0n) is 17.5. The minimum Gasteiger partial charge on any atom is -0.504 e. The van der Waals surface area contributed by atoms with Gasteiger partial charge in [0.1, 0.15) is 17.8 Å². The quantitative estimate of drug-likeness (QED) is 0.291. The average Bonchev–Trinajstić information content (AvgIpc) is 3.15. The molecule has 16 heteroatoms. The first kappa shape index (κ1) is 27.1. The zero-order chi connectivity index (χ0) is 26.8. The minimum atomic E-state index is -4.74. The number of hydrogen-bond donors (Lipinski definition) is 3. The monoisotopic (exact) mass is 555 g/mol. The Hall–Kier alpha value is -3.52. The normalized spacial score (nSPS) is 11.9. The van der Waals surface area contributed by atoms with Crippen molar-refractivity contribution in [2.75, 3.05) is 5.32 Å². The van der Waals surface area contributed by atoms with E-state index in [2.05, 4.69) is 20.7 Å². The second-order valence-electron chi connectivity index (χ2n) is 7.12. The minimum absolute atomic E-state index is 0.302. The number of anilines is 1. The highest BCUT2D eigenvalue weighted by atomic mass is 35.5. The van der Waals surface area contributed by atoms with Crippen molar-refractivity contribution in [3.8, 4) is 5.75 Å². The molecule has 0 aliphatic rings. The molecular weight excluding hydrogens is 543 g/mol. The molecular formula is C20H13Cl2F6N5O3. The average molecular weight is 556 g/mol. The van der Waals surface area contributed by atoms with Crippen molar-refractivity contribution in [1.82, 2.24) is 20.1 Å². The number of aromatic nitrogens is 3. The van der Waals surface area contributed by atoms with E-state index < -0.39 is 70.8 Å². The topological polar surface area (TPSA) is 109 Å². The largest absolute Gasteiger partial charge is 0.504 e. The molecule has 0 spiro atoms. The fraction of sp³-hybridized carbons (Fsp3) is 0.200. The van der Waals surface area contributed by atoms with Crippen molar-refractivity contribution in [1.29, 1.82) is 0 Å². The van der Waals surface area contributed by atoms with Gasteiger partial charge in [0, 0.05) is 12.7 Å². The lowest BCUT2D eigenvalue weighted by Gasteiger charge is -2.13. The van der Waals surface area contributed by atoms with Crippen LogP contribution >= 0.6 is 23.2 Å². The number of halogens is 8. The Morgan fingerprint density at radius 3 is 2.33 bits per heavy atom. The lowest BCUT2D eigenvalue weighted by molar-refractivity contribution is -0.142. The second-order valence-corrected chi connectivity index (χ2v) is 7.89. The van der Waals surface area contributed by atoms with Crippen LogP contribution in [0.1, 0.15) is 32.0 Å². The molecule has 0 aliphatic carbocycles. The van der Waals surface area contributed by atoms with E-state index in [1.54, 1.807) is 0 Å². The molecule has 3 aromatic rings. The summed E-state index contributed by atoms with van der Waals surface area (Å²) in [5.41, 5.74) is -2.37. The number of hydrogen-bond acceptors (Lipinski definition) is 5. The van der Waals surface area contributed by atoms with Crippen LogP contribution < -0.4 is 10.6 Å². The van der Waals surface area contributed by atoms with E-state index in [9.17, 15) is 41.0 Å². The molecule has 0 radical (unpaired) electrons. The van der Waals surface area contributed by atoms with E-state index >= 15 is 0 Å². The Labute approximate surface area is 207 Å². The third kappa shape index (κ3) is 6.57. The van der Waals surface area contributed by atoms with Crippen molar-refractivity contribution < 1.29 is 41.0 Å². The first-order valence-corrected chi connectivity index (χ1v) is 10.3. The molecule has 2 amide bonds. The first-order valence-electron chi connectivity index (χ1n) is 9.59. The maximum absolute atomic E-state index is 13.2. The third-order valence-corrected chi connectivity index (χ3v) is 5.03. The number of amides is 2. The van der Waals surface area contributed by atoms with Gasteiger partial charge in [-0.05, 0) is 17.7 Å². The fourth-order valence-electron chi connectivity index (χ4n) is 2.93. The van der Waals surface area contributed by atoms with Crippen LogP contribution in [0.3, 0.4) is 0 Å². The van der Waals surface area contributed by atoms with Gasteiger partial charge in [0.25, 0.3) is 11.8 Å². The molecule has 2 aromatic heterocycles. The number of pyridine rings is 1. The SMILES string of the molecule is O=C(Nc1nn(CC(F)(F)F)cc1C(=O)NCc1ccccc1C(F)(F)F)c1cc(Cl)c(O)c(Cl)n1. The molecule has 2 heterocycles. The van der Waals surface area contributed by atoms with Crippen molar-refractivity contribution in [3.05, 3.63) is 69.1 Å². The van der Waals surface area contributed by atoms with Crippen LogP contribution in [0.4, 0.5) is 32.2 Å². The number of carbonyl (C=O) groups excluding carboxylic acids is 2. The zero-order valence-corrected chi connectivity index (χ0v) is 19.0. The molecule has 3 rings (SSSR count). The summed E-state index contributed by atoms with van der Waals surface area (Å²) in [7, 11) is 0. The lowest BCUT2D eigenvalue weighted by Crippen LogP contribution is -2.26. The van der Waals surface area contributed by atoms with Gasteiger partial charge in [-0.15, -0.1) is 0 Å². The van der Waals surface area contributed by atoms with Gasteiger partial charge in [0.2, 0.25) is 0 Å². The molecule has 1 aromatic carbocycles. The van der Waals surface area contributed by atoms with Gasteiger partial charge in [0.15, 0.2) is 16.7 Å². The van der Waals surface area contributed by atoms with Crippen LogP contribution in [-0.4, -0.2) is 37.9 Å². The molecule has 8 nitrogen and oxygen atoms in total. The lowest BCUT2D eigenvalue weighted by atomic mass is 10.1. The molecule has 0 atom stereocenters. The molecule has 3 N–H and O–H groups in total. The highest BCUT2D eigenvalue weighted by Gasteiger charge is 2.33. The Balaban J connectivity index is 1.89. The number of rotatable bonds is 6. The van der Waals surface area contributed by atoms with Crippen molar-refractivity contribution in [2.24, 2.45) is 0 Å². The fourth-order valence-corrected chi connectivity index (χ4v) is 3.37. The molecule has 36 heavy (non-hydrogen) atoms. The second kappa shape index (κ2) is 10.2. The molecule has 0 saturated carbocycles. The van der Waals surface area contributed by atoms with E-state index in [-0.39, 0.29) is 10.6 Å². The smallest absolute Gasteiger partial charge is 0.416 e. The summed E-state index contributed by atoms with van der Waals surface area (Å²) in [6.07, 6.45) is -8.79. The van der Waals surface area contributed by atoms with Crippen LogP contribution in [-0.2, 0) is 19.3 Å². The number of benzene rings is 1. The van der Waals surface area contributed by atoms with Crippen molar-refractivity contribution in [2.45, 2.75) is 25.4 Å². The molecule has 0 saturated heterocycles. The van der Waals surface area contributed by atoms with Crippen LogP contribution in [0.15, 0.2) is 36.5 Å². The maximum Gasteiger partial charge on any atom is 0.416 e. The summed E-state index contributed by atoms with van der Waals surface area (Å²) in [5, 5.41) is 16.4. The van der Waals surface area contributed by atoms with Gasteiger partial charge in [-0.1, -0.05) is 41.4 Å². The summed E-state index contributed by atoms with van der Waals surface area (Å²) in [4.78, 5) is 28.8. The molecule has 0 bridgehead atoms. The van der Waals surface area contributed by atoms with E-state index in [0.29, 0.717) is 10.9 Å². The van der Waals surface area contributed by atoms with Gasteiger partial charge >= 0.3 is 12.4 Å². The predicted octanol–water partition coefficient (Wildman–Crippen LogP) is 5.05. The summed E-state index contributed by atoms with van der Waals surface area (Å²) in [6.45, 7) is -2.26. The van der Waals surface area contributed by atoms with E-state index in [1.165, 1.54) is 6.07 Å². The molecule has 0 aliphatic heterocycles. The number of alkyl halides is 6. The predicted molar refractivity (Wildman–Crippen MR) is 115 cm³/mol. The van der Waals surface area contributed by atoms with Gasteiger partial charge in [-0.3, -0.25) is 14.3 Å². The summed E-state index contributed by atoms with van der Waals surface area (Å²) >= 11 is 11.4. The summed E-state index contributed by atoms with van der Waals surface area (Å²) < 4.78 is 78.4. The number of aromatic hydroxyl groups is 1. The first-order chi connectivity index (χ1) is 16.7. The summed E-state index contributed by atoms with van der Waals surface area (Å²) in [6, 6.07) is 5.28. The summed E-state index contributed by atoms with van der Waals surface area (Å²) in [5.74, 6) is -3.49. The number of nitrogens with zero attached hydrogens (tertiary/aromatic N) is 3. The Bertz CT molecular complexity index is 1290. The van der Waals surface area contributed by atoms with E-state index in [1.807, 2.05) is 0 Å². The molecule has 192 valence electrons. The van der Waals surface area contributed by atoms with Crippen molar-refractivity contribution >= 4 is 40.8 Å². The van der Waals surface area contributed by atoms with Gasteiger partial charge < -0.3 is 15.7 Å². The third-order valence-electron chi connectivity index (χ3n) is 4.48. The van der Waals surface area contributed by atoms with E-state index in [4.69, 9.17) is 23.2 Å². The maximum atomic E-state index is 13.2. The van der Waals surface area contributed by atoms with Crippen LogP contribution in [0.5, 0.6) is 5.75 Å². The highest BCUT2D eigenvalue weighted by Crippen LogP contribution is 2.32. The van der Waals surface area contributed by atoms with Crippen LogP contribution in [0.2, 0.25) is 10.2 Å². The Kier molecular flexibility index (Phi) is 7.69. The molecule has 0 unspecified atom stereocenters. The molecule has 0 fully saturated rings. The van der Waals surface area contributed by atoms with Gasteiger partial charge in [0.05, 0.1) is 10.6 Å². The van der Waals surface area contributed by atoms with Crippen LogP contribution in [0, 0.1) is 0 Å². The Morgan fingerprint density at radius 1 is 1.06 bits per heavy atom. The van der Waals surface area contributed by atoms with Crippen molar-refractivity contribution in [3.63, 3.8) is 0 Å². The van der Waals surface area contributed by atoms with Gasteiger partial charge in [-0.25, -0.2) is 4.98 Å². The number of nitrogens with one attached hydrogen (secondary N) is 2. The van der Waals surface area contributed by atoms with Gasteiger partial charge in [-0.2, -0.15) is 31.4 Å². The highest BCUT2D eigenvalue weighted by molar-refractivity contribution is 6.36. The number of carbonyl (C=O) groups is 2. The van der Waals surface area contributed by atoms with Crippen LogP contribution in [0.25, 0.3) is 0 Å². The van der Waals surface area contributed by atoms with E-state index in [0.717, 1.165) is 24.3 Å². The Morgan fingerprint density at radius 2 is 1.72 bits per heavy atom.